The highest BCUT2D eigenvalue weighted by atomic mass is 19.1. The molecule has 1 aliphatic heterocycles. The molecule has 0 saturated heterocycles. The Bertz CT molecular complexity index is 988. The van der Waals surface area contributed by atoms with Gasteiger partial charge in [0, 0.05) is 24.2 Å². The molecule has 7 heteroatoms. The summed E-state index contributed by atoms with van der Waals surface area (Å²) in [5.41, 5.74) is 2.17. The van der Waals surface area contributed by atoms with Crippen LogP contribution in [0.3, 0.4) is 0 Å². The SMILES string of the molecule is CC1NCn2c(nc(-c3ccncn3)cc2=O)C1CCc1ccc(F)cc1. The minimum absolute atomic E-state index is 0.0679. The molecule has 1 aliphatic rings. The first kappa shape index (κ1) is 17.5. The smallest absolute Gasteiger partial charge is 0.255 e. The third-order valence-corrected chi connectivity index (χ3v) is 5.05. The van der Waals surface area contributed by atoms with Gasteiger partial charge in [0.25, 0.3) is 5.56 Å². The van der Waals surface area contributed by atoms with E-state index in [1.807, 2.05) is 0 Å². The van der Waals surface area contributed by atoms with Gasteiger partial charge in [-0.2, -0.15) is 0 Å². The van der Waals surface area contributed by atoms with Crippen molar-refractivity contribution >= 4 is 0 Å². The molecule has 3 aromatic rings. The van der Waals surface area contributed by atoms with E-state index in [-0.39, 0.29) is 23.3 Å². The summed E-state index contributed by atoms with van der Waals surface area (Å²) in [6.45, 7) is 2.54. The van der Waals surface area contributed by atoms with Crippen molar-refractivity contribution in [2.75, 3.05) is 0 Å². The van der Waals surface area contributed by atoms with Crippen LogP contribution in [-0.4, -0.2) is 25.6 Å². The fraction of sp³-hybridized carbons (Fsp3) is 0.300. The molecule has 0 amide bonds. The van der Waals surface area contributed by atoms with E-state index in [0.29, 0.717) is 18.1 Å². The molecule has 0 aliphatic carbocycles. The maximum Gasteiger partial charge on any atom is 0.255 e. The lowest BCUT2D eigenvalue weighted by molar-refractivity contribution is 0.320. The van der Waals surface area contributed by atoms with E-state index in [9.17, 15) is 9.18 Å². The Kier molecular flexibility index (Phi) is 4.77. The van der Waals surface area contributed by atoms with Gasteiger partial charge in [-0.25, -0.2) is 19.3 Å². The molecule has 2 aromatic heterocycles. The van der Waals surface area contributed by atoms with Crippen LogP contribution in [0, 0.1) is 5.82 Å². The van der Waals surface area contributed by atoms with Crippen molar-refractivity contribution in [2.24, 2.45) is 0 Å². The summed E-state index contributed by atoms with van der Waals surface area (Å²) >= 11 is 0. The third kappa shape index (κ3) is 3.64. The molecule has 1 N–H and O–H groups in total. The molecule has 2 atom stereocenters. The van der Waals surface area contributed by atoms with Crippen molar-refractivity contribution in [1.82, 2.24) is 24.8 Å². The number of halogens is 1. The largest absolute Gasteiger partial charge is 0.296 e. The highest BCUT2D eigenvalue weighted by Gasteiger charge is 2.29. The molecule has 0 saturated carbocycles. The monoisotopic (exact) mass is 365 g/mol. The maximum absolute atomic E-state index is 13.1. The zero-order valence-corrected chi connectivity index (χ0v) is 15.0. The molecule has 1 aromatic carbocycles. The summed E-state index contributed by atoms with van der Waals surface area (Å²) in [7, 11) is 0. The molecule has 0 radical (unpaired) electrons. The Morgan fingerprint density at radius 3 is 2.78 bits per heavy atom. The Hall–Kier alpha value is -2.93. The van der Waals surface area contributed by atoms with E-state index in [2.05, 4.69) is 22.2 Å². The fourth-order valence-corrected chi connectivity index (χ4v) is 3.49. The van der Waals surface area contributed by atoms with Crippen molar-refractivity contribution in [3.63, 3.8) is 0 Å². The van der Waals surface area contributed by atoms with Gasteiger partial charge in [-0.05, 0) is 43.5 Å². The predicted octanol–water partition coefficient (Wildman–Crippen LogP) is 2.51. The summed E-state index contributed by atoms with van der Waals surface area (Å²) in [4.78, 5) is 25.5. The number of hydrogen-bond acceptors (Lipinski definition) is 5. The van der Waals surface area contributed by atoms with Crippen molar-refractivity contribution in [2.45, 2.75) is 38.4 Å². The van der Waals surface area contributed by atoms with Crippen LogP contribution in [0.5, 0.6) is 0 Å². The molecule has 3 heterocycles. The Morgan fingerprint density at radius 1 is 1.22 bits per heavy atom. The second kappa shape index (κ2) is 7.36. The molecule has 0 bridgehead atoms. The minimum atomic E-state index is -0.237. The molecule has 27 heavy (non-hydrogen) atoms. The van der Waals surface area contributed by atoms with Crippen molar-refractivity contribution in [3.8, 4) is 11.4 Å². The number of rotatable bonds is 4. The van der Waals surface area contributed by atoms with Gasteiger partial charge in [-0.15, -0.1) is 0 Å². The van der Waals surface area contributed by atoms with E-state index in [0.717, 1.165) is 24.2 Å². The van der Waals surface area contributed by atoms with Gasteiger partial charge in [0.05, 0.1) is 18.1 Å². The van der Waals surface area contributed by atoms with Crippen LogP contribution in [0.1, 0.15) is 30.7 Å². The topological polar surface area (TPSA) is 72.7 Å². The van der Waals surface area contributed by atoms with E-state index < -0.39 is 0 Å². The summed E-state index contributed by atoms with van der Waals surface area (Å²) in [6, 6.07) is 9.99. The molecule has 0 fully saturated rings. The zero-order chi connectivity index (χ0) is 18.8. The van der Waals surface area contributed by atoms with Crippen LogP contribution in [0.25, 0.3) is 11.4 Å². The first-order chi connectivity index (χ1) is 13.1. The quantitative estimate of drug-likeness (QED) is 0.769. The molecule has 6 nitrogen and oxygen atoms in total. The Balaban J connectivity index is 1.67. The third-order valence-electron chi connectivity index (χ3n) is 5.05. The zero-order valence-electron chi connectivity index (χ0n) is 15.0. The predicted molar refractivity (Wildman–Crippen MR) is 99.6 cm³/mol. The number of benzene rings is 1. The van der Waals surface area contributed by atoms with Crippen molar-refractivity contribution in [3.05, 3.63) is 76.5 Å². The van der Waals surface area contributed by atoms with Gasteiger partial charge in [0.2, 0.25) is 0 Å². The second-order valence-electron chi connectivity index (χ2n) is 6.78. The highest BCUT2D eigenvalue weighted by molar-refractivity contribution is 5.52. The van der Waals surface area contributed by atoms with Crippen molar-refractivity contribution < 1.29 is 4.39 Å². The number of aromatic nitrogens is 4. The molecular weight excluding hydrogens is 345 g/mol. The summed E-state index contributed by atoms with van der Waals surface area (Å²) < 4.78 is 14.8. The van der Waals surface area contributed by atoms with Crippen LogP contribution in [0.15, 0.2) is 53.7 Å². The van der Waals surface area contributed by atoms with Crippen LogP contribution in [-0.2, 0) is 13.1 Å². The van der Waals surface area contributed by atoms with E-state index >= 15 is 0 Å². The standard InChI is InChI=1S/C20H20FN5O/c1-13-16(7-4-14-2-5-15(21)6-3-14)20-25-18(17-8-9-22-11-23-17)10-19(27)26(20)12-24-13/h2-3,5-6,8-11,13,16,24H,4,7,12H2,1H3. The van der Waals surface area contributed by atoms with Gasteiger partial charge in [0.1, 0.15) is 18.0 Å². The number of nitrogens with one attached hydrogen (secondary N) is 1. The molecular formula is C20H20FN5O. The molecule has 2 unspecified atom stereocenters. The summed E-state index contributed by atoms with van der Waals surface area (Å²) in [5, 5.41) is 3.37. The normalized spacial score (nSPS) is 18.9. The average molecular weight is 365 g/mol. The van der Waals surface area contributed by atoms with Crippen LogP contribution in [0.4, 0.5) is 4.39 Å². The lowest BCUT2D eigenvalue weighted by atomic mass is 9.91. The lowest BCUT2D eigenvalue weighted by Crippen LogP contribution is -2.45. The second-order valence-corrected chi connectivity index (χ2v) is 6.78. The van der Waals surface area contributed by atoms with Crippen molar-refractivity contribution in [1.29, 1.82) is 0 Å². The van der Waals surface area contributed by atoms with Crippen LogP contribution >= 0.6 is 0 Å². The lowest BCUT2D eigenvalue weighted by Gasteiger charge is -2.32. The fourth-order valence-electron chi connectivity index (χ4n) is 3.49. The number of aryl methyl sites for hydroxylation is 1. The maximum atomic E-state index is 13.1. The average Bonchev–Trinajstić information content (AvgIpc) is 2.69. The number of hydrogen-bond donors (Lipinski definition) is 1. The van der Waals surface area contributed by atoms with E-state index in [4.69, 9.17) is 4.98 Å². The molecule has 4 rings (SSSR count). The number of nitrogens with zero attached hydrogens (tertiary/aromatic N) is 4. The first-order valence-corrected chi connectivity index (χ1v) is 8.98. The van der Waals surface area contributed by atoms with E-state index in [1.54, 1.807) is 29.0 Å². The first-order valence-electron chi connectivity index (χ1n) is 8.98. The minimum Gasteiger partial charge on any atom is -0.296 e. The van der Waals surface area contributed by atoms with Crippen LogP contribution in [0.2, 0.25) is 0 Å². The number of fused-ring (bicyclic) bond motifs is 1. The summed E-state index contributed by atoms with van der Waals surface area (Å²) in [6.07, 6.45) is 4.67. The van der Waals surface area contributed by atoms with Gasteiger partial charge in [0.15, 0.2) is 0 Å². The molecule has 138 valence electrons. The molecule has 0 spiro atoms. The van der Waals surface area contributed by atoms with Gasteiger partial charge in [-0.3, -0.25) is 14.7 Å². The van der Waals surface area contributed by atoms with E-state index in [1.165, 1.54) is 24.5 Å². The Morgan fingerprint density at radius 2 is 2.04 bits per heavy atom. The van der Waals surface area contributed by atoms with Gasteiger partial charge < -0.3 is 0 Å². The van der Waals surface area contributed by atoms with Crippen LogP contribution < -0.4 is 10.9 Å². The Labute approximate surface area is 156 Å². The van der Waals surface area contributed by atoms with Gasteiger partial charge >= 0.3 is 0 Å². The highest BCUT2D eigenvalue weighted by Crippen LogP contribution is 2.27. The summed E-state index contributed by atoms with van der Waals surface area (Å²) in [5.74, 6) is 0.599. The van der Waals surface area contributed by atoms with Gasteiger partial charge in [-0.1, -0.05) is 12.1 Å².